The Bertz CT molecular complexity index is 2210. The minimum absolute atomic E-state index is 0.242. The first-order valence-corrected chi connectivity index (χ1v) is 18.5. The van der Waals surface area contributed by atoms with Crippen LogP contribution >= 0.6 is 23.1 Å². The van der Waals surface area contributed by atoms with Gasteiger partial charge in [-0.05, 0) is 68.9 Å². The second-order valence-corrected chi connectivity index (χ2v) is 14.9. The van der Waals surface area contributed by atoms with Gasteiger partial charge in [-0.3, -0.25) is 4.55 Å². The lowest BCUT2D eigenvalue weighted by Gasteiger charge is -2.17. The summed E-state index contributed by atoms with van der Waals surface area (Å²) < 4.78 is 74.5. The third-order valence-electron chi connectivity index (χ3n) is 7.49. The molecule has 45 heavy (non-hydrogen) atoms. The van der Waals surface area contributed by atoms with E-state index in [1.807, 2.05) is 98.8 Å². The molecule has 5 aromatic rings. The van der Waals surface area contributed by atoms with E-state index in [1.165, 1.54) is 23.1 Å². The molecule has 0 saturated carbocycles. The maximum Gasteiger partial charge on any atom is 0.513 e. The summed E-state index contributed by atoms with van der Waals surface area (Å²) in [6.45, 7) is 3.80. The minimum Gasteiger partial charge on any atom is -0.269 e. The van der Waals surface area contributed by atoms with Gasteiger partial charge in [0, 0.05) is 16.5 Å². The smallest absolute Gasteiger partial charge is 0.269 e. The maximum atomic E-state index is 12.9. The molecule has 0 unspecified atom stereocenters. The number of anilines is 1. The minimum atomic E-state index is -4.73. The molecular formula is C33H29N2O6S4+. The second-order valence-electron chi connectivity index (χ2n) is 10.3. The highest BCUT2D eigenvalue weighted by molar-refractivity contribution is 8.05. The molecule has 1 aliphatic rings. The van der Waals surface area contributed by atoms with Crippen molar-refractivity contribution in [2.75, 3.05) is 4.31 Å². The predicted octanol–water partition coefficient (Wildman–Crippen LogP) is 7.79. The fourth-order valence-corrected chi connectivity index (χ4v) is 9.85. The Morgan fingerprint density at radius 2 is 1.51 bits per heavy atom. The molecule has 0 aliphatic carbocycles. The van der Waals surface area contributed by atoms with E-state index >= 15 is 0 Å². The first kappa shape index (κ1) is 31.2. The number of allylic oxidation sites excluding steroid dienone is 2. The van der Waals surface area contributed by atoms with E-state index < -0.39 is 20.6 Å². The number of aryl methyl sites for hydroxylation is 1. The van der Waals surface area contributed by atoms with Crippen molar-refractivity contribution in [2.45, 2.75) is 31.6 Å². The van der Waals surface area contributed by atoms with Gasteiger partial charge in [-0.15, -0.1) is 8.42 Å². The summed E-state index contributed by atoms with van der Waals surface area (Å²) in [4.78, 5) is 0.643. The van der Waals surface area contributed by atoms with Crippen LogP contribution in [0.25, 0.3) is 38.5 Å². The summed E-state index contributed by atoms with van der Waals surface area (Å²) in [5.41, 5.74) is 5.57. The number of thioether (sulfide) groups is 1. The summed E-state index contributed by atoms with van der Waals surface area (Å²) in [5.74, 6) is 0. The molecule has 0 amide bonds. The SMILES string of the molecule is CCC(=Cc1sc2ccc(-c3ccccc3)c(CC)c2[n+]1S(=O)(=O)O)C=C1Sc2ccc(-c3ccccc3)cc2N1S(=O)(=O)O. The summed E-state index contributed by atoms with van der Waals surface area (Å²) >= 11 is 2.39. The number of benzene rings is 4. The molecule has 2 heterocycles. The van der Waals surface area contributed by atoms with Crippen molar-refractivity contribution in [3.63, 3.8) is 0 Å². The average Bonchev–Trinajstić information content (AvgIpc) is 3.58. The van der Waals surface area contributed by atoms with Crippen molar-refractivity contribution in [2.24, 2.45) is 0 Å². The Morgan fingerprint density at radius 1 is 0.844 bits per heavy atom. The molecule has 2 N–H and O–H groups in total. The molecule has 230 valence electrons. The zero-order valence-corrected chi connectivity index (χ0v) is 27.5. The van der Waals surface area contributed by atoms with Gasteiger partial charge in [0.05, 0.1) is 10.7 Å². The molecule has 1 aromatic heterocycles. The Morgan fingerprint density at radius 3 is 2.11 bits per heavy atom. The summed E-state index contributed by atoms with van der Waals surface area (Å²) in [5, 5.41) is 0.498. The lowest BCUT2D eigenvalue weighted by atomic mass is 9.97. The van der Waals surface area contributed by atoms with Gasteiger partial charge in [-0.2, -0.15) is 8.42 Å². The fourth-order valence-electron chi connectivity index (χ4n) is 5.48. The zero-order valence-electron chi connectivity index (χ0n) is 24.3. The van der Waals surface area contributed by atoms with Gasteiger partial charge >= 0.3 is 20.6 Å². The molecule has 4 aromatic carbocycles. The summed E-state index contributed by atoms with van der Waals surface area (Å²) in [6, 6.07) is 28.4. The van der Waals surface area contributed by atoms with Crippen LogP contribution in [0.5, 0.6) is 0 Å². The Labute approximate surface area is 270 Å². The van der Waals surface area contributed by atoms with Crippen molar-refractivity contribution < 1.29 is 29.9 Å². The number of thiazole rings is 1. The van der Waals surface area contributed by atoms with Gasteiger partial charge in [0.1, 0.15) is 4.70 Å². The lowest BCUT2D eigenvalue weighted by molar-refractivity contribution is -0.486. The molecule has 1 aliphatic heterocycles. The topological polar surface area (TPSA) is 116 Å². The highest BCUT2D eigenvalue weighted by Crippen LogP contribution is 2.49. The van der Waals surface area contributed by atoms with Gasteiger partial charge in [0.15, 0.2) is 0 Å². The predicted molar refractivity (Wildman–Crippen MR) is 182 cm³/mol. The van der Waals surface area contributed by atoms with E-state index in [0.717, 1.165) is 36.1 Å². The third kappa shape index (κ3) is 6.09. The molecule has 0 spiro atoms. The quantitative estimate of drug-likeness (QED) is 0.127. The number of rotatable bonds is 8. The monoisotopic (exact) mass is 677 g/mol. The molecule has 6 rings (SSSR count). The summed E-state index contributed by atoms with van der Waals surface area (Å²) in [7, 11) is -9.43. The normalized spacial score (nSPS) is 14.8. The van der Waals surface area contributed by atoms with E-state index in [0.29, 0.717) is 39.2 Å². The van der Waals surface area contributed by atoms with Crippen LogP contribution in [0.3, 0.4) is 0 Å². The van der Waals surface area contributed by atoms with Crippen LogP contribution in [0.4, 0.5) is 5.69 Å². The number of hydrogen-bond donors (Lipinski definition) is 2. The number of hydrogen-bond acceptors (Lipinski definition) is 6. The van der Waals surface area contributed by atoms with Gasteiger partial charge in [0.2, 0.25) is 5.52 Å². The molecule has 0 bridgehead atoms. The third-order valence-corrected chi connectivity index (χ3v) is 11.5. The Hall–Kier alpha value is -3.78. The molecule has 8 nitrogen and oxygen atoms in total. The van der Waals surface area contributed by atoms with E-state index in [-0.39, 0.29) is 10.0 Å². The van der Waals surface area contributed by atoms with Crippen LogP contribution in [0.15, 0.2) is 113 Å². The Balaban J connectivity index is 1.49. The van der Waals surface area contributed by atoms with Gasteiger partial charge in [-0.25, -0.2) is 8.86 Å². The molecule has 12 heteroatoms. The van der Waals surface area contributed by atoms with Crippen LogP contribution in [-0.2, 0) is 27.0 Å². The lowest BCUT2D eigenvalue weighted by Crippen LogP contribution is -2.44. The zero-order chi connectivity index (χ0) is 31.9. The number of aromatic nitrogens is 1. The van der Waals surface area contributed by atoms with Crippen molar-refractivity contribution in [1.82, 2.24) is 0 Å². The van der Waals surface area contributed by atoms with Gasteiger partial charge in [-0.1, -0.05) is 110 Å². The van der Waals surface area contributed by atoms with E-state index in [2.05, 4.69) is 0 Å². The Kier molecular flexibility index (Phi) is 8.46. The van der Waals surface area contributed by atoms with Gasteiger partial charge < -0.3 is 0 Å². The van der Waals surface area contributed by atoms with E-state index in [9.17, 15) is 25.9 Å². The molecule has 0 fully saturated rings. The fraction of sp³-hybridized carbons (Fsp3) is 0.121. The summed E-state index contributed by atoms with van der Waals surface area (Å²) in [6.07, 6.45) is 4.18. The van der Waals surface area contributed by atoms with Crippen LogP contribution in [0, 0.1) is 0 Å². The highest BCUT2D eigenvalue weighted by Gasteiger charge is 2.36. The standard InChI is InChI=1S/C33H28N2O6S4/c1-3-22(19-31-34(44(36,37)38)28-21-25(15-17-29(28)42-31)23-11-7-5-8-12-23)20-32-35(45(39,40)41)33-26(4-2)27(16-18-30(33)43-32)24-13-9-6-10-14-24/h5-21H,3-4H2,1-2H3,(H-,36,37,38,39,40,41)/p+1. The van der Waals surface area contributed by atoms with Crippen molar-refractivity contribution in [3.05, 3.63) is 118 Å². The first-order valence-electron chi connectivity index (χ1n) is 14.1. The van der Waals surface area contributed by atoms with Crippen LogP contribution in [0.1, 0.15) is 30.8 Å². The van der Waals surface area contributed by atoms with E-state index in [1.54, 1.807) is 18.2 Å². The highest BCUT2D eigenvalue weighted by atomic mass is 32.2. The van der Waals surface area contributed by atoms with Crippen LogP contribution < -0.4 is 8.28 Å². The number of nitrogens with zero attached hydrogens (tertiary/aromatic N) is 2. The largest absolute Gasteiger partial charge is 0.513 e. The van der Waals surface area contributed by atoms with Crippen molar-refractivity contribution >= 4 is 65.7 Å². The van der Waals surface area contributed by atoms with Crippen LogP contribution in [0.2, 0.25) is 0 Å². The van der Waals surface area contributed by atoms with E-state index in [4.69, 9.17) is 0 Å². The number of fused-ring (bicyclic) bond motifs is 2. The molecule has 0 atom stereocenters. The maximum absolute atomic E-state index is 12.9. The molecular weight excluding hydrogens is 649 g/mol. The average molecular weight is 678 g/mol. The van der Waals surface area contributed by atoms with Gasteiger partial charge in [0.25, 0.3) is 5.01 Å². The van der Waals surface area contributed by atoms with Crippen LogP contribution in [-0.4, -0.2) is 25.9 Å². The second kappa shape index (κ2) is 12.2. The first-order chi connectivity index (χ1) is 21.5. The van der Waals surface area contributed by atoms with Crippen molar-refractivity contribution in [1.29, 1.82) is 0 Å². The van der Waals surface area contributed by atoms with Crippen molar-refractivity contribution in [3.8, 4) is 22.3 Å². The molecule has 0 saturated heterocycles. The molecule has 0 radical (unpaired) electrons.